The zero-order chi connectivity index (χ0) is 10.1. The van der Waals surface area contributed by atoms with Crippen LogP contribution in [-0.2, 0) is 12.7 Å². The van der Waals surface area contributed by atoms with E-state index in [1.54, 1.807) is 0 Å². The summed E-state index contributed by atoms with van der Waals surface area (Å²) in [7, 11) is 0. The van der Waals surface area contributed by atoms with Gasteiger partial charge in [0.1, 0.15) is 0 Å². The molecular formula is C7H7Cl2F3N2. The average Bonchev–Trinajstić information content (AvgIpc) is 2.02. The van der Waals surface area contributed by atoms with E-state index >= 15 is 0 Å². The Labute approximate surface area is 89.7 Å². The van der Waals surface area contributed by atoms with Crippen molar-refractivity contribution in [2.75, 3.05) is 0 Å². The Morgan fingerprint density at radius 2 is 2.00 bits per heavy atom. The number of aromatic nitrogens is 1. The fourth-order valence-corrected chi connectivity index (χ4v) is 1.01. The van der Waals surface area contributed by atoms with Gasteiger partial charge < -0.3 is 5.73 Å². The van der Waals surface area contributed by atoms with Gasteiger partial charge in [0.05, 0.1) is 16.3 Å². The summed E-state index contributed by atoms with van der Waals surface area (Å²) in [6.07, 6.45) is -3.70. The molecule has 0 bridgehead atoms. The van der Waals surface area contributed by atoms with Crippen LogP contribution in [-0.4, -0.2) is 4.98 Å². The van der Waals surface area contributed by atoms with Crippen LogP contribution in [0.2, 0.25) is 5.02 Å². The molecule has 0 spiro atoms. The molecule has 80 valence electrons. The minimum Gasteiger partial charge on any atom is -0.325 e. The highest BCUT2D eigenvalue weighted by Crippen LogP contribution is 2.30. The van der Waals surface area contributed by atoms with Gasteiger partial charge in [0, 0.05) is 12.7 Å². The highest BCUT2D eigenvalue weighted by Gasteiger charge is 2.31. The second kappa shape index (κ2) is 4.82. The van der Waals surface area contributed by atoms with Gasteiger partial charge in [-0.3, -0.25) is 4.98 Å². The normalized spacial score (nSPS) is 10.9. The van der Waals surface area contributed by atoms with Gasteiger partial charge in [-0.15, -0.1) is 12.4 Å². The molecule has 1 heterocycles. The highest BCUT2D eigenvalue weighted by atomic mass is 35.5. The smallest absolute Gasteiger partial charge is 0.325 e. The Kier molecular flexibility index (Phi) is 4.64. The van der Waals surface area contributed by atoms with Crippen molar-refractivity contribution in [1.82, 2.24) is 4.98 Å². The lowest BCUT2D eigenvalue weighted by Crippen LogP contribution is -2.08. The van der Waals surface area contributed by atoms with Gasteiger partial charge in [-0.2, -0.15) is 13.2 Å². The first kappa shape index (κ1) is 13.5. The molecule has 0 saturated heterocycles. The molecule has 0 aliphatic rings. The van der Waals surface area contributed by atoms with Crippen LogP contribution < -0.4 is 5.73 Å². The molecule has 1 aromatic heterocycles. The molecule has 0 fully saturated rings. The molecule has 0 atom stereocenters. The zero-order valence-corrected chi connectivity index (χ0v) is 8.38. The van der Waals surface area contributed by atoms with Gasteiger partial charge in [0.2, 0.25) is 0 Å². The summed E-state index contributed by atoms with van der Waals surface area (Å²) in [4.78, 5) is 3.49. The number of halogens is 5. The van der Waals surface area contributed by atoms with Gasteiger partial charge in [0.25, 0.3) is 0 Å². The Hall–Kier alpha value is -0.520. The van der Waals surface area contributed by atoms with Crippen molar-refractivity contribution in [1.29, 1.82) is 0 Å². The Bertz CT molecular complexity index is 314. The zero-order valence-electron chi connectivity index (χ0n) is 6.81. The number of hydrogen-bond acceptors (Lipinski definition) is 2. The minimum absolute atomic E-state index is 0. The third-order valence-electron chi connectivity index (χ3n) is 1.44. The van der Waals surface area contributed by atoms with Crippen LogP contribution in [0.4, 0.5) is 13.2 Å². The van der Waals surface area contributed by atoms with E-state index in [-0.39, 0.29) is 29.7 Å². The molecule has 0 unspecified atom stereocenters. The number of nitrogens with zero attached hydrogens (tertiary/aromatic N) is 1. The Morgan fingerprint density at radius 1 is 1.43 bits per heavy atom. The van der Waals surface area contributed by atoms with Gasteiger partial charge in [-0.25, -0.2) is 0 Å². The molecule has 2 N–H and O–H groups in total. The molecule has 0 aliphatic carbocycles. The van der Waals surface area contributed by atoms with Crippen molar-refractivity contribution in [2.24, 2.45) is 5.73 Å². The third-order valence-corrected chi connectivity index (χ3v) is 1.77. The first-order valence-electron chi connectivity index (χ1n) is 3.37. The first-order valence-corrected chi connectivity index (χ1v) is 3.74. The third kappa shape index (κ3) is 3.01. The fourth-order valence-electron chi connectivity index (χ4n) is 0.771. The van der Waals surface area contributed by atoms with E-state index in [9.17, 15) is 13.2 Å². The van der Waals surface area contributed by atoms with Crippen LogP contribution in [0.1, 0.15) is 11.3 Å². The summed E-state index contributed by atoms with van der Waals surface area (Å²) in [6, 6.07) is 0.816. The summed E-state index contributed by atoms with van der Waals surface area (Å²) in [5.41, 5.74) is 4.57. The van der Waals surface area contributed by atoms with Crippen molar-refractivity contribution in [3.8, 4) is 0 Å². The van der Waals surface area contributed by atoms with E-state index < -0.39 is 11.7 Å². The molecule has 0 aliphatic heterocycles. The summed E-state index contributed by atoms with van der Waals surface area (Å²) in [5.74, 6) is 0. The van der Waals surface area contributed by atoms with E-state index in [0.29, 0.717) is 6.20 Å². The van der Waals surface area contributed by atoms with Crippen LogP contribution in [0, 0.1) is 0 Å². The van der Waals surface area contributed by atoms with Gasteiger partial charge >= 0.3 is 6.18 Å². The van der Waals surface area contributed by atoms with E-state index in [1.165, 1.54) is 0 Å². The summed E-state index contributed by atoms with van der Waals surface area (Å²) in [6.45, 7) is 0.0248. The lowest BCUT2D eigenvalue weighted by atomic mass is 10.2. The van der Waals surface area contributed by atoms with Crippen LogP contribution in [0.25, 0.3) is 0 Å². The number of alkyl halides is 3. The second-order valence-corrected chi connectivity index (χ2v) is 2.76. The summed E-state index contributed by atoms with van der Waals surface area (Å²) >= 11 is 5.49. The second-order valence-electron chi connectivity index (χ2n) is 2.35. The Morgan fingerprint density at radius 3 is 2.36 bits per heavy atom. The van der Waals surface area contributed by atoms with Crippen LogP contribution in [0.3, 0.4) is 0 Å². The van der Waals surface area contributed by atoms with Gasteiger partial charge in [-0.05, 0) is 6.07 Å². The van der Waals surface area contributed by atoms with Gasteiger partial charge in [0.15, 0.2) is 0 Å². The van der Waals surface area contributed by atoms with Crippen LogP contribution >= 0.6 is 24.0 Å². The predicted octanol–water partition coefficient (Wildman–Crippen LogP) is 2.63. The van der Waals surface area contributed by atoms with E-state index in [1.807, 2.05) is 0 Å². The minimum atomic E-state index is -4.41. The number of nitrogens with two attached hydrogens (primary N) is 1. The quantitative estimate of drug-likeness (QED) is 0.828. The maximum absolute atomic E-state index is 12.1. The lowest BCUT2D eigenvalue weighted by Gasteiger charge is -2.07. The van der Waals surface area contributed by atoms with Crippen LogP contribution in [0.5, 0.6) is 0 Å². The van der Waals surface area contributed by atoms with E-state index in [0.717, 1.165) is 6.07 Å². The number of rotatable bonds is 1. The van der Waals surface area contributed by atoms with Gasteiger partial charge in [-0.1, -0.05) is 11.6 Å². The molecule has 2 nitrogen and oxygen atoms in total. The molecular weight excluding hydrogens is 240 g/mol. The lowest BCUT2D eigenvalue weighted by molar-refractivity contribution is -0.137. The predicted molar refractivity (Wildman–Crippen MR) is 49.4 cm³/mol. The van der Waals surface area contributed by atoms with Crippen molar-refractivity contribution in [3.05, 3.63) is 28.5 Å². The summed E-state index contributed by atoms with van der Waals surface area (Å²) < 4.78 is 36.2. The topological polar surface area (TPSA) is 38.9 Å². The molecule has 14 heavy (non-hydrogen) atoms. The monoisotopic (exact) mass is 246 g/mol. The standard InChI is InChI=1S/C7H6ClF3N2.ClH/c8-5-1-4(7(9,10)11)3-13-6(5)2-12;/h1,3H,2,12H2;1H. The fraction of sp³-hybridized carbons (Fsp3) is 0.286. The van der Waals surface area contributed by atoms with Crippen molar-refractivity contribution < 1.29 is 13.2 Å². The van der Waals surface area contributed by atoms with E-state index in [4.69, 9.17) is 17.3 Å². The SMILES string of the molecule is Cl.NCc1ncc(C(F)(F)F)cc1Cl. The molecule has 1 aromatic rings. The van der Waals surface area contributed by atoms with Crippen molar-refractivity contribution in [2.45, 2.75) is 12.7 Å². The first-order chi connectivity index (χ1) is 5.95. The van der Waals surface area contributed by atoms with E-state index in [2.05, 4.69) is 4.98 Å². The largest absolute Gasteiger partial charge is 0.417 e. The molecule has 0 saturated carbocycles. The van der Waals surface area contributed by atoms with Crippen molar-refractivity contribution >= 4 is 24.0 Å². The number of pyridine rings is 1. The molecule has 0 aromatic carbocycles. The molecule has 0 amide bonds. The summed E-state index contributed by atoms with van der Waals surface area (Å²) in [5, 5.41) is -0.0580. The molecule has 1 rings (SSSR count). The number of hydrogen-bond donors (Lipinski definition) is 1. The average molecular weight is 247 g/mol. The highest BCUT2D eigenvalue weighted by molar-refractivity contribution is 6.31. The molecule has 0 radical (unpaired) electrons. The van der Waals surface area contributed by atoms with Crippen LogP contribution in [0.15, 0.2) is 12.3 Å². The molecule has 7 heteroatoms. The maximum Gasteiger partial charge on any atom is 0.417 e. The van der Waals surface area contributed by atoms with Crippen molar-refractivity contribution in [3.63, 3.8) is 0 Å². The Balaban J connectivity index is 0.00000169. The maximum atomic E-state index is 12.1.